The molecule has 18 nitrogen and oxygen atoms in total. The van der Waals surface area contributed by atoms with Gasteiger partial charge in [0.2, 0.25) is 11.9 Å². The van der Waals surface area contributed by atoms with Gasteiger partial charge in [-0.1, -0.05) is 25.7 Å². The second kappa shape index (κ2) is 12.7. The molecule has 0 radical (unpaired) electrons. The number of fused-ring (bicyclic) bond motifs is 1. The summed E-state index contributed by atoms with van der Waals surface area (Å²) in [6, 6.07) is 0. The minimum absolute atomic E-state index is 0.00193. The standard InChI is InChI=1S/C24H32N7O11PS/c1-10(2)20(34)27-23-26-19-18(22(36)28-23)25-9-31(19)17-5-13(14(7-32)40-17)42-43(38,44)39-8-15-12(33)4-16(41-15)30-6-11(3)21(35)29-24(30)37/h6,9-10,12-17,32-33H,4-5,7-8H2,1-3H3,(H,38,44)(H,29,35,37)(H2,26,27,28,34,36)/p-1/t12-,13-,14+,15+,16+,17+,43?/m0/s1. The number of aryl methyl sites for hydroxylation is 1. The van der Waals surface area contributed by atoms with Crippen molar-refractivity contribution < 1.29 is 38.4 Å². The molecule has 0 bridgehead atoms. The van der Waals surface area contributed by atoms with Crippen molar-refractivity contribution in [3.63, 3.8) is 0 Å². The topological polar surface area (TPSA) is 248 Å². The number of hydrogen-bond donors (Lipinski definition) is 5. The van der Waals surface area contributed by atoms with Crippen LogP contribution in [0, 0.1) is 12.8 Å². The lowest BCUT2D eigenvalue weighted by Gasteiger charge is -2.32. The Morgan fingerprint density at radius 2 is 1.91 bits per heavy atom. The van der Waals surface area contributed by atoms with Crippen molar-refractivity contribution in [2.45, 2.75) is 70.5 Å². The highest BCUT2D eigenvalue weighted by Crippen LogP contribution is 2.46. The van der Waals surface area contributed by atoms with Crippen LogP contribution in [0.3, 0.4) is 0 Å². The van der Waals surface area contributed by atoms with Crippen molar-refractivity contribution in [3.05, 3.63) is 49.3 Å². The lowest BCUT2D eigenvalue weighted by atomic mass is 10.2. The number of carbonyl (C=O) groups excluding carboxylic acids is 1. The Kier molecular flexibility index (Phi) is 9.31. The number of aliphatic hydroxyl groups is 2. The summed E-state index contributed by atoms with van der Waals surface area (Å²) in [5.74, 6) is -0.819. The van der Waals surface area contributed by atoms with Crippen LogP contribution in [0.1, 0.15) is 44.7 Å². The van der Waals surface area contributed by atoms with Crippen LogP contribution in [0.25, 0.3) is 11.2 Å². The minimum Gasteiger partial charge on any atom is -0.780 e. The van der Waals surface area contributed by atoms with E-state index in [0.717, 1.165) is 4.57 Å². The van der Waals surface area contributed by atoms with Gasteiger partial charge in [0.05, 0.1) is 31.7 Å². The van der Waals surface area contributed by atoms with E-state index < -0.39 is 73.6 Å². The molecule has 0 saturated carbocycles. The molecule has 5 heterocycles. The maximum absolute atomic E-state index is 13.1. The third kappa shape index (κ3) is 6.75. The molecule has 5 rings (SSSR count). The smallest absolute Gasteiger partial charge is 0.330 e. The molecule has 0 aromatic carbocycles. The van der Waals surface area contributed by atoms with Gasteiger partial charge >= 0.3 is 5.69 Å². The number of hydrogen-bond acceptors (Lipinski definition) is 14. The van der Waals surface area contributed by atoms with Gasteiger partial charge in [-0.15, -0.1) is 0 Å². The fourth-order valence-corrected chi connectivity index (χ4v) is 6.26. The Morgan fingerprint density at radius 3 is 2.61 bits per heavy atom. The van der Waals surface area contributed by atoms with Gasteiger partial charge in [0.25, 0.3) is 11.1 Å². The Balaban J connectivity index is 1.25. The highest BCUT2D eigenvalue weighted by molar-refractivity contribution is 8.06. The molecule has 20 heteroatoms. The van der Waals surface area contributed by atoms with E-state index in [4.69, 9.17) is 30.3 Å². The maximum Gasteiger partial charge on any atom is 0.330 e. The van der Waals surface area contributed by atoms with Crippen LogP contribution in [-0.2, 0) is 35.1 Å². The Bertz CT molecular complexity index is 1770. The number of imidazole rings is 1. The highest BCUT2D eigenvalue weighted by atomic mass is 32.5. The average Bonchev–Trinajstić information content (AvgIpc) is 3.66. The molecule has 1 amide bonds. The predicted octanol–water partition coefficient (Wildman–Crippen LogP) is -1.51. The van der Waals surface area contributed by atoms with Gasteiger partial charge in [0.1, 0.15) is 31.4 Å². The molecule has 0 spiro atoms. The molecule has 7 atom stereocenters. The molecule has 3 aromatic rings. The quantitative estimate of drug-likeness (QED) is 0.156. The van der Waals surface area contributed by atoms with Crippen LogP contribution in [0.2, 0.25) is 0 Å². The summed E-state index contributed by atoms with van der Waals surface area (Å²) < 4.78 is 25.1. The fourth-order valence-electron chi connectivity index (χ4n) is 4.80. The van der Waals surface area contributed by atoms with Gasteiger partial charge in [-0.2, -0.15) is 4.98 Å². The van der Waals surface area contributed by atoms with E-state index in [1.54, 1.807) is 13.8 Å². The largest absolute Gasteiger partial charge is 0.780 e. The number of nitrogens with one attached hydrogen (secondary N) is 3. The number of aromatic amines is 2. The lowest BCUT2D eigenvalue weighted by molar-refractivity contribution is -0.215. The van der Waals surface area contributed by atoms with Gasteiger partial charge in [-0.3, -0.25) is 38.8 Å². The van der Waals surface area contributed by atoms with E-state index in [-0.39, 0.29) is 47.3 Å². The molecule has 2 saturated heterocycles. The van der Waals surface area contributed by atoms with Gasteiger partial charge < -0.3 is 33.6 Å². The molecule has 240 valence electrons. The first-order chi connectivity index (χ1) is 20.8. The fraction of sp³-hybridized carbons (Fsp3) is 0.583. The van der Waals surface area contributed by atoms with E-state index in [9.17, 15) is 34.3 Å². The zero-order valence-electron chi connectivity index (χ0n) is 23.7. The molecule has 5 N–H and O–H groups in total. The van der Waals surface area contributed by atoms with E-state index in [1.807, 2.05) is 0 Å². The monoisotopic (exact) mass is 656 g/mol. The van der Waals surface area contributed by atoms with Gasteiger partial charge in [-0.25, -0.2) is 9.78 Å². The third-order valence-electron chi connectivity index (χ3n) is 7.19. The molecule has 1 unspecified atom stereocenters. The van der Waals surface area contributed by atoms with Crippen LogP contribution >= 0.6 is 6.72 Å². The van der Waals surface area contributed by atoms with Gasteiger partial charge in [0, 0.05) is 30.5 Å². The van der Waals surface area contributed by atoms with Crippen LogP contribution in [-0.4, -0.2) is 82.8 Å². The second-order valence-corrected chi connectivity index (χ2v) is 13.4. The molecular weight excluding hydrogens is 625 g/mol. The lowest BCUT2D eigenvalue weighted by Crippen LogP contribution is -2.33. The molecule has 0 aliphatic carbocycles. The van der Waals surface area contributed by atoms with Gasteiger partial charge in [0.15, 0.2) is 11.2 Å². The van der Waals surface area contributed by atoms with Crippen molar-refractivity contribution in [2.24, 2.45) is 5.92 Å². The number of ether oxygens (including phenoxy) is 2. The second-order valence-electron chi connectivity index (χ2n) is 10.7. The van der Waals surface area contributed by atoms with Crippen molar-refractivity contribution in [1.29, 1.82) is 0 Å². The predicted molar refractivity (Wildman–Crippen MR) is 153 cm³/mol. The molecule has 2 aliphatic heterocycles. The normalized spacial score (nSPS) is 26.8. The number of rotatable bonds is 10. The first-order valence-corrected chi connectivity index (χ1v) is 16.2. The summed E-state index contributed by atoms with van der Waals surface area (Å²) in [6.07, 6.45) is -3.33. The molecule has 3 aromatic heterocycles. The van der Waals surface area contributed by atoms with E-state index in [2.05, 4.69) is 25.3 Å². The van der Waals surface area contributed by atoms with Crippen LogP contribution in [0.5, 0.6) is 0 Å². The van der Waals surface area contributed by atoms with Gasteiger partial charge in [-0.05, 0) is 6.92 Å². The van der Waals surface area contributed by atoms with Crippen molar-refractivity contribution in [3.8, 4) is 0 Å². The van der Waals surface area contributed by atoms with E-state index >= 15 is 0 Å². The molecular formula is C24H31N7O11PS-. The first-order valence-electron chi connectivity index (χ1n) is 13.6. The summed E-state index contributed by atoms with van der Waals surface area (Å²) >= 11 is 5.06. The number of aromatic nitrogens is 6. The summed E-state index contributed by atoms with van der Waals surface area (Å²) in [6.45, 7) is -0.350. The number of nitrogens with zero attached hydrogens (tertiary/aromatic N) is 4. The van der Waals surface area contributed by atoms with Crippen LogP contribution in [0.4, 0.5) is 5.95 Å². The average molecular weight is 657 g/mol. The highest BCUT2D eigenvalue weighted by Gasteiger charge is 2.40. The van der Waals surface area contributed by atoms with Crippen molar-refractivity contribution in [1.82, 2.24) is 29.1 Å². The molecule has 2 fully saturated rings. The maximum atomic E-state index is 13.1. The zero-order valence-corrected chi connectivity index (χ0v) is 25.4. The van der Waals surface area contributed by atoms with Crippen molar-refractivity contribution in [2.75, 3.05) is 18.5 Å². The van der Waals surface area contributed by atoms with Crippen LogP contribution in [0.15, 0.2) is 26.9 Å². The van der Waals surface area contributed by atoms with E-state index in [0.29, 0.717) is 0 Å². The van der Waals surface area contributed by atoms with Crippen molar-refractivity contribution >= 4 is 41.5 Å². The van der Waals surface area contributed by atoms with Crippen LogP contribution < -0.4 is 27.0 Å². The summed E-state index contributed by atoms with van der Waals surface area (Å²) in [7, 11) is 0. The summed E-state index contributed by atoms with van der Waals surface area (Å²) in [5.41, 5.74) is -1.52. The Morgan fingerprint density at radius 1 is 1.20 bits per heavy atom. The van der Waals surface area contributed by atoms with E-state index in [1.165, 1.54) is 24.0 Å². The Labute approximate surface area is 253 Å². The number of anilines is 1. The zero-order chi connectivity index (χ0) is 31.9. The molecule has 2 aliphatic rings. The Hall–Kier alpha value is -3.13. The number of H-pyrrole nitrogens is 2. The first kappa shape index (κ1) is 32.3. The number of amides is 1. The number of aliphatic hydroxyl groups excluding tert-OH is 2. The number of carbonyl (C=O) groups is 1. The third-order valence-corrected chi connectivity index (χ3v) is 8.76. The summed E-state index contributed by atoms with van der Waals surface area (Å²) in [5, 5.41) is 22.9. The SMILES string of the molecule is Cc1cn([C@H]2C[C@H](O)[C@@H](COP([O-])(=S)O[C@H]3C[C@H](n4cnc5c(=O)[nH]c(NC(=O)C(C)C)nc54)O[C@@H]3CO)O2)c(=O)[nH]c1=O. The minimum atomic E-state index is -4.24. The molecule has 44 heavy (non-hydrogen) atoms. The summed E-state index contributed by atoms with van der Waals surface area (Å²) in [4.78, 5) is 74.6.